The van der Waals surface area contributed by atoms with Crippen molar-refractivity contribution < 1.29 is 13.2 Å². The molecule has 2 fully saturated rings. The standard InChI is InChI=1S/C15H21F3N4/c1-2-21-8-4-14(11-21)5-9-22(10-6-14)12-3-7-19-13(20-12)15(16,17)18/h3,7H,2,4-6,8-11H2,1H3. The minimum absolute atomic E-state index is 0.354. The molecule has 2 saturated heterocycles. The molecule has 122 valence electrons. The lowest BCUT2D eigenvalue weighted by molar-refractivity contribution is -0.144. The van der Waals surface area contributed by atoms with E-state index in [2.05, 4.69) is 21.8 Å². The Morgan fingerprint density at radius 3 is 2.45 bits per heavy atom. The summed E-state index contributed by atoms with van der Waals surface area (Å²) >= 11 is 0. The Bertz CT molecular complexity index is 524. The van der Waals surface area contributed by atoms with Gasteiger partial charge in [0.25, 0.3) is 0 Å². The third kappa shape index (κ3) is 3.04. The van der Waals surface area contributed by atoms with Crippen LogP contribution in [0, 0.1) is 5.41 Å². The van der Waals surface area contributed by atoms with E-state index in [1.165, 1.54) is 12.6 Å². The van der Waals surface area contributed by atoms with Gasteiger partial charge in [-0.1, -0.05) is 6.92 Å². The molecular weight excluding hydrogens is 293 g/mol. The summed E-state index contributed by atoms with van der Waals surface area (Å²) in [5.41, 5.74) is 0.354. The second-order valence-corrected chi connectivity index (χ2v) is 6.34. The molecule has 0 unspecified atom stereocenters. The maximum Gasteiger partial charge on any atom is 0.451 e. The SMILES string of the molecule is CCN1CCC2(CCN(c3ccnc(C(F)(F)F)n3)CC2)C1. The van der Waals surface area contributed by atoms with Crippen molar-refractivity contribution in [1.82, 2.24) is 14.9 Å². The maximum atomic E-state index is 12.7. The third-order valence-electron chi connectivity index (χ3n) is 5.01. The van der Waals surface area contributed by atoms with Gasteiger partial charge in [-0.3, -0.25) is 0 Å². The van der Waals surface area contributed by atoms with Crippen molar-refractivity contribution in [1.29, 1.82) is 0 Å². The van der Waals surface area contributed by atoms with Crippen molar-refractivity contribution in [3.05, 3.63) is 18.1 Å². The van der Waals surface area contributed by atoms with Crippen LogP contribution in [-0.4, -0.2) is 47.6 Å². The molecule has 0 aromatic carbocycles. The molecule has 0 atom stereocenters. The minimum atomic E-state index is -4.49. The lowest BCUT2D eigenvalue weighted by atomic mass is 9.78. The van der Waals surface area contributed by atoms with Crippen LogP contribution in [-0.2, 0) is 6.18 Å². The number of piperidine rings is 1. The van der Waals surface area contributed by atoms with E-state index < -0.39 is 12.0 Å². The fraction of sp³-hybridized carbons (Fsp3) is 0.733. The summed E-state index contributed by atoms with van der Waals surface area (Å²) < 4.78 is 38.1. The summed E-state index contributed by atoms with van der Waals surface area (Å²) in [5.74, 6) is -0.661. The van der Waals surface area contributed by atoms with Gasteiger partial charge in [0.05, 0.1) is 0 Å². The Morgan fingerprint density at radius 1 is 1.18 bits per heavy atom. The summed E-state index contributed by atoms with van der Waals surface area (Å²) in [6, 6.07) is 1.57. The van der Waals surface area contributed by atoms with Crippen molar-refractivity contribution in [2.75, 3.05) is 37.6 Å². The number of alkyl halides is 3. The van der Waals surface area contributed by atoms with Crippen LogP contribution < -0.4 is 4.90 Å². The van der Waals surface area contributed by atoms with Crippen LogP contribution in [0.4, 0.5) is 19.0 Å². The first-order valence-electron chi connectivity index (χ1n) is 7.79. The molecule has 0 aliphatic carbocycles. The van der Waals surface area contributed by atoms with Gasteiger partial charge in [0.2, 0.25) is 5.82 Å². The molecule has 2 aliphatic rings. The quantitative estimate of drug-likeness (QED) is 0.840. The Labute approximate surface area is 128 Å². The minimum Gasteiger partial charge on any atom is -0.356 e. The monoisotopic (exact) mass is 314 g/mol. The zero-order valence-corrected chi connectivity index (χ0v) is 12.7. The van der Waals surface area contributed by atoms with Crippen LogP contribution in [0.15, 0.2) is 12.3 Å². The van der Waals surface area contributed by atoms with E-state index in [4.69, 9.17) is 0 Å². The van der Waals surface area contributed by atoms with Crippen LogP contribution in [0.1, 0.15) is 32.0 Å². The summed E-state index contributed by atoms with van der Waals surface area (Å²) in [6.45, 7) is 7.05. The number of halogens is 3. The first kappa shape index (κ1) is 15.5. The molecule has 2 aliphatic heterocycles. The Morgan fingerprint density at radius 2 is 1.86 bits per heavy atom. The topological polar surface area (TPSA) is 32.3 Å². The molecule has 1 spiro atoms. The second kappa shape index (κ2) is 5.68. The van der Waals surface area contributed by atoms with Crippen LogP contribution >= 0.6 is 0 Å². The van der Waals surface area contributed by atoms with Gasteiger partial charge in [0.1, 0.15) is 5.82 Å². The Kier molecular flexibility index (Phi) is 4.01. The van der Waals surface area contributed by atoms with Gasteiger partial charge in [-0.25, -0.2) is 9.97 Å². The number of nitrogens with zero attached hydrogens (tertiary/aromatic N) is 4. The Hall–Kier alpha value is -1.37. The number of hydrogen-bond acceptors (Lipinski definition) is 4. The van der Waals surface area contributed by atoms with E-state index in [1.807, 2.05) is 4.90 Å². The van der Waals surface area contributed by atoms with Gasteiger partial charge in [0, 0.05) is 25.8 Å². The largest absolute Gasteiger partial charge is 0.451 e. The van der Waals surface area contributed by atoms with Crippen molar-refractivity contribution in [3.63, 3.8) is 0 Å². The maximum absolute atomic E-state index is 12.7. The van der Waals surface area contributed by atoms with E-state index >= 15 is 0 Å². The average molecular weight is 314 g/mol. The lowest BCUT2D eigenvalue weighted by Crippen LogP contribution is -2.42. The van der Waals surface area contributed by atoms with Crippen LogP contribution in [0.25, 0.3) is 0 Å². The molecule has 0 bridgehead atoms. The number of aromatic nitrogens is 2. The zero-order valence-electron chi connectivity index (χ0n) is 12.7. The summed E-state index contributed by atoms with van der Waals surface area (Å²) in [4.78, 5) is 11.4. The van der Waals surface area contributed by atoms with Gasteiger partial charge in [-0.15, -0.1) is 0 Å². The van der Waals surface area contributed by atoms with Crippen LogP contribution in [0.5, 0.6) is 0 Å². The predicted molar refractivity (Wildman–Crippen MR) is 77.6 cm³/mol. The smallest absolute Gasteiger partial charge is 0.356 e. The highest BCUT2D eigenvalue weighted by atomic mass is 19.4. The molecule has 0 radical (unpaired) electrons. The van der Waals surface area contributed by atoms with Gasteiger partial charge in [-0.05, 0) is 43.8 Å². The van der Waals surface area contributed by atoms with Crippen molar-refractivity contribution in [2.24, 2.45) is 5.41 Å². The molecule has 0 N–H and O–H groups in total. The van der Waals surface area contributed by atoms with Gasteiger partial charge >= 0.3 is 6.18 Å². The highest BCUT2D eigenvalue weighted by Gasteiger charge is 2.40. The van der Waals surface area contributed by atoms with Crippen molar-refractivity contribution >= 4 is 5.82 Å². The van der Waals surface area contributed by atoms with E-state index in [1.54, 1.807) is 6.07 Å². The van der Waals surface area contributed by atoms with E-state index in [9.17, 15) is 13.2 Å². The van der Waals surface area contributed by atoms with Gasteiger partial charge in [0.15, 0.2) is 0 Å². The van der Waals surface area contributed by atoms with E-state index in [0.717, 1.165) is 45.6 Å². The zero-order chi connectivity index (χ0) is 15.8. The molecule has 4 nitrogen and oxygen atoms in total. The predicted octanol–water partition coefficient (Wildman–Crippen LogP) is 2.81. The molecule has 7 heteroatoms. The Balaban J connectivity index is 1.67. The van der Waals surface area contributed by atoms with E-state index in [-0.39, 0.29) is 0 Å². The van der Waals surface area contributed by atoms with Crippen molar-refractivity contribution in [3.8, 4) is 0 Å². The van der Waals surface area contributed by atoms with Crippen LogP contribution in [0.2, 0.25) is 0 Å². The molecule has 0 amide bonds. The summed E-state index contributed by atoms with van der Waals surface area (Å²) in [7, 11) is 0. The number of rotatable bonds is 2. The highest BCUT2D eigenvalue weighted by Crippen LogP contribution is 2.41. The normalized spacial score (nSPS) is 22.5. The van der Waals surface area contributed by atoms with Gasteiger partial charge < -0.3 is 9.80 Å². The summed E-state index contributed by atoms with van der Waals surface area (Å²) in [5, 5.41) is 0. The molecule has 3 rings (SSSR count). The number of likely N-dealkylation sites (tertiary alicyclic amines) is 1. The second-order valence-electron chi connectivity index (χ2n) is 6.34. The molecule has 0 saturated carbocycles. The number of anilines is 1. The molecular formula is C15H21F3N4. The van der Waals surface area contributed by atoms with Gasteiger partial charge in [-0.2, -0.15) is 13.2 Å². The fourth-order valence-electron chi connectivity index (χ4n) is 3.58. The summed E-state index contributed by atoms with van der Waals surface area (Å²) in [6.07, 6.45) is -0.0417. The van der Waals surface area contributed by atoms with Crippen LogP contribution in [0.3, 0.4) is 0 Å². The number of hydrogen-bond donors (Lipinski definition) is 0. The van der Waals surface area contributed by atoms with E-state index in [0.29, 0.717) is 11.2 Å². The fourth-order valence-corrected chi connectivity index (χ4v) is 3.58. The highest BCUT2D eigenvalue weighted by molar-refractivity contribution is 5.38. The molecule has 1 aromatic rings. The van der Waals surface area contributed by atoms with Crippen molar-refractivity contribution in [2.45, 2.75) is 32.4 Å². The molecule has 22 heavy (non-hydrogen) atoms. The molecule has 3 heterocycles. The first-order valence-corrected chi connectivity index (χ1v) is 7.79. The first-order chi connectivity index (χ1) is 10.4. The molecule has 1 aromatic heterocycles. The average Bonchev–Trinajstić information content (AvgIpc) is 2.90. The third-order valence-corrected chi connectivity index (χ3v) is 5.01. The lowest BCUT2D eigenvalue weighted by Gasteiger charge is -2.40.